The van der Waals surface area contributed by atoms with E-state index in [1.54, 1.807) is 5.32 Å². The summed E-state index contributed by atoms with van der Waals surface area (Å²) in [5.41, 5.74) is 5.53. The first-order chi connectivity index (χ1) is 16.7. The Bertz CT molecular complexity index is 1390. The number of carboxylic acids is 2. The number of amides is 1. The van der Waals surface area contributed by atoms with Crippen LogP contribution in [0, 0.1) is 0 Å². The Kier molecular flexibility index (Phi) is 6.84. The molecule has 0 spiro atoms. The largest absolute Gasteiger partial charge is 0.480 e. The Balaban J connectivity index is 1.71. The van der Waals surface area contributed by atoms with E-state index in [1.807, 2.05) is 0 Å². The minimum Gasteiger partial charge on any atom is -0.480 e. The fourth-order valence-corrected chi connectivity index (χ4v) is 2.90. The topological polar surface area (TPSA) is 294 Å². The van der Waals surface area contributed by atoms with Crippen molar-refractivity contribution in [1.82, 2.24) is 25.3 Å². The molecule has 17 heteroatoms. The molecule has 0 aliphatic rings. The van der Waals surface area contributed by atoms with Gasteiger partial charge in [-0.2, -0.15) is 4.98 Å². The number of carbonyl (C=O) groups is 3. The first-order valence-electron chi connectivity index (χ1n) is 9.76. The number of carboxylic acid groups (broad SMARTS) is 2. The van der Waals surface area contributed by atoms with Crippen LogP contribution in [-0.2, 0) is 16.1 Å². The minimum absolute atomic E-state index is 0.0231. The molecule has 3 rings (SSSR count). The second-order valence-electron chi connectivity index (χ2n) is 7.36. The lowest BCUT2D eigenvalue weighted by atomic mass is 9.97. The van der Waals surface area contributed by atoms with Crippen LogP contribution >= 0.6 is 0 Å². The van der Waals surface area contributed by atoms with Crippen LogP contribution in [0.3, 0.4) is 0 Å². The van der Waals surface area contributed by atoms with Crippen molar-refractivity contribution in [3.63, 3.8) is 0 Å². The molecule has 11 N–H and O–H groups in total. The van der Waals surface area contributed by atoms with Gasteiger partial charge in [0.15, 0.2) is 17.2 Å². The van der Waals surface area contributed by atoms with E-state index in [0.717, 1.165) is 0 Å². The van der Waals surface area contributed by atoms with Crippen LogP contribution in [0.5, 0.6) is 0 Å². The fourth-order valence-electron chi connectivity index (χ4n) is 2.90. The van der Waals surface area contributed by atoms with Gasteiger partial charge in [-0.1, -0.05) is 0 Å². The monoisotopic (exact) mass is 505 g/mol. The van der Waals surface area contributed by atoms with Crippen LogP contribution in [0.1, 0.15) is 16.1 Å². The van der Waals surface area contributed by atoms with Crippen molar-refractivity contribution in [2.45, 2.75) is 24.2 Å². The van der Waals surface area contributed by atoms with E-state index >= 15 is 0 Å². The van der Waals surface area contributed by atoms with Gasteiger partial charge in [-0.3, -0.25) is 14.6 Å². The highest BCUT2D eigenvalue weighted by Crippen LogP contribution is 2.23. The van der Waals surface area contributed by atoms with Crippen LogP contribution < -0.4 is 21.9 Å². The maximum absolute atomic E-state index is 12.4. The van der Waals surface area contributed by atoms with E-state index in [-0.39, 0.29) is 29.2 Å². The van der Waals surface area contributed by atoms with E-state index in [4.69, 9.17) is 15.9 Å². The third kappa shape index (κ3) is 5.03. The number of nitrogens with two attached hydrogens (primary N) is 1. The lowest BCUT2D eigenvalue weighted by molar-refractivity contribution is -0.350. The van der Waals surface area contributed by atoms with Gasteiger partial charge in [0.1, 0.15) is 0 Å². The summed E-state index contributed by atoms with van der Waals surface area (Å²) in [6.07, 6.45) is 1.37. The molecule has 0 aliphatic heterocycles. The molecule has 17 nitrogen and oxygen atoms in total. The Labute approximate surface area is 198 Å². The first kappa shape index (κ1) is 25.9. The van der Waals surface area contributed by atoms with Crippen LogP contribution in [0.4, 0.5) is 11.6 Å². The number of hydrogen-bond donors (Lipinski definition) is 10. The van der Waals surface area contributed by atoms with E-state index in [0.29, 0.717) is 11.4 Å². The molecule has 1 atom stereocenters. The Morgan fingerprint density at radius 1 is 1.06 bits per heavy atom. The van der Waals surface area contributed by atoms with Gasteiger partial charge in [-0.15, -0.1) is 0 Å². The highest BCUT2D eigenvalue weighted by atomic mass is 16.6. The fraction of sp³-hybridized carbons (Fsp3) is 0.211. The Morgan fingerprint density at radius 3 is 2.28 bits per heavy atom. The first-order valence-corrected chi connectivity index (χ1v) is 9.76. The van der Waals surface area contributed by atoms with Crippen molar-refractivity contribution in [2.24, 2.45) is 0 Å². The number of carbonyl (C=O) groups excluding carboxylic acids is 1. The second-order valence-corrected chi connectivity index (χ2v) is 7.36. The molecule has 3 aromatic rings. The summed E-state index contributed by atoms with van der Waals surface area (Å²) >= 11 is 0. The third-order valence-electron chi connectivity index (χ3n) is 4.84. The van der Waals surface area contributed by atoms with Crippen LogP contribution in [0.25, 0.3) is 11.2 Å². The molecular weight excluding hydrogens is 486 g/mol. The molecule has 0 bridgehead atoms. The zero-order valence-electron chi connectivity index (χ0n) is 17.9. The number of nitrogen functional groups attached to an aromatic ring is 1. The molecular formula is C19H19N7O10. The van der Waals surface area contributed by atoms with E-state index in [1.165, 1.54) is 30.5 Å². The number of H-pyrrole nitrogens is 1. The molecule has 1 unspecified atom stereocenters. The maximum Gasteiger partial charge on any atom is 0.370 e. The summed E-state index contributed by atoms with van der Waals surface area (Å²) in [7, 11) is 0. The molecule has 2 aromatic heterocycles. The van der Waals surface area contributed by atoms with Gasteiger partial charge in [-0.25, -0.2) is 19.6 Å². The van der Waals surface area contributed by atoms with Crippen molar-refractivity contribution >= 4 is 40.6 Å². The minimum atomic E-state index is -4.32. The number of aliphatic hydroxyl groups is 4. The van der Waals surface area contributed by atoms with Crippen LogP contribution in [-0.4, -0.2) is 86.0 Å². The SMILES string of the molecule is Nc1nc2ncc(CNc3ccc(C(=O)NC(C(=O)O)C(O)(O)C(O)(O)C(=O)O)cc3)nc2c(=O)[nH]1. The number of rotatable bonds is 9. The van der Waals surface area contributed by atoms with Gasteiger partial charge in [0.05, 0.1) is 18.4 Å². The summed E-state index contributed by atoms with van der Waals surface area (Å²) in [5, 5.41) is 60.8. The van der Waals surface area contributed by atoms with Crippen LogP contribution in [0.15, 0.2) is 35.3 Å². The molecule has 1 amide bonds. The third-order valence-corrected chi connectivity index (χ3v) is 4.84. The van der Waals surface area contributed by atoms with Crippen molar-refractivity contribution < 1.29 is 45.0 Å². The number of nitrogens with one attached hydrogen (secondary N) is 3. The van der Waals surface area contributed by atoms with Gasteiger partial charge in [0.2, 0.25) is 5.95 Å². The normalized spacial score (nSPS) is 12.7. The number of anilines is 2. The molecule has 0 aliphatic carbocycles. The molecule has 0 radical (unpaired) electrons. The lowest BCUT2D eigenvalue weighted by Gasteiger charge is -2.35. The molecule has 0 saturated carbocycles. The van der Waals surface area contributed by atoms with Gasteiger partial charge in [0.25, 0.3) is 17.3 Å². The van der Waals surface area contributed by atoms with Crippen molar-refractivity contribution in [1.29, 1.82) is 0 Å². The van der Waals surface area contributed by atoms with Gasteiger partial charge in [0, 0.05) is 11.3 Å². The van der Waals surface area contributed by atoms with Gasteiger partial charge < -0.3 is 47.0 Å². The average molecular weight is 505 g/mol. The standard InChI is InChI=1S/C19H19N7O10/c20-17-25-12-10(14(28)26-17)23-9(6-22-12)5-21-8-3-1-7(2-4-8)13(27)24-11(15(29)30)18(33,34)19(35,36)16(31)32/h1-4,6,11,21,33-36H,5H2,(H,24,27)(H,29,30)(H,31,32)(H3,20,22,25,26,28). The number of nitrogens with zero attached hydrogens (tertiary/aromatic N) is 3. The quantitative estimate of drug-likeness (QED) is 0.126. The van der Waals surface area contributed by atoms with Crippen molar-refractivity contribution in [3.05, 3.63) is 52.1 Å². The number of aromatic amines is 1. The number of benzene rings is 1. The maximum atomic E-state index is 12.4. The molecule has 190 valence electrons. The summed E-state index contributed by atoms with van der Waals surface area (Å²) in [5.74, 6) is -14.6. The Morgan fingerprint density at radius 2 is 1.69 bits per heavy atom. The molecule has 1 aromatic carbocycles. The summed E-state index contributed by atoms with van der Waals surface area (Å²) in [6.45, 7) is 0.0984. The predicted octanol–water partition coefficient (Wildman–Crippen LogP) is -3.46. The number of fused-ring (bicyclic) bond motifs is 1. The van der Waals surface area contributed by atoms with E-state index in [2.05, 4.69) is 25.3 Å². The summed E-state index contributed by atoms with van der Waals surface area (Å²) in [4.78, 5) is 60.9. The van der Waals surface area contributed by atoms with Crippen molar-refractivity contribution in [3.8, 4) is 0 Å². The average Bonchev–Trinajstić information content (AvgIpc) is 2.80. The highest BCUT2D eigenvalue weighted by Gasteiger charge is 2.61. The van der Waals surface area contributed by atoms with Gasteiger partial charge in [-0.05, 0) is 24.3 Å². The number of aromatic nitrogens is 4. The number of hydrogen-bond acceptors (Lipinski definition) is 13. The summed E-state index contributed by atoms with van der Waals surface area (Å²) in [6, 6.07) is 2.35. The molecule has 2 heterocycles. The number of aliphatic carboxylic acids is 2. The summed E-state index contributed by atoms with van der Waals surface area (Å²) < 4.78 is 0. The smallest absolute Gasteiger partial charge is 0.370 e. The lowest BCUT2D eigenvalue weighted by Crippen LogP contribution is -2.71. The molecule has 0 fully saturated rings. The second kappa shape index (κ2) is 9.50. The Hall–Kier alpha value is -4.71. The predicted molar refractivity (Wildman–Crippen MR) is 117 cm³/mol. The van der Waals surface area contributed by atoms with E-state index < -0.39 is 41.0 Å². The zero-order chi connectivity index (χ0) is 26.8. The molecule has 0 saturated heterocycles. The highest BCUT2D eigenvalue weighted by molar-refractivity contribution is 5.97. The molecule has 36 heavy (non-hydrogen) atoms. The van der Waals surface area contributed by atoms with Crippen molar-refractivity contribution in [2.75, 3.05) is 11.1 Å². The van der Waals surface area contributed by atoms with Gasteiger partial charge >= 0.3 is 17.7 Å². The van der Waals surface area contributed by atoms with Crippen LogP contribution in [0.2, 0.25) is 0 Å². The zero-order valence-corrected chi connectivity index (χ0v) is 17.9. The van der Waals surface area contributed by atoms with E-state index in [9.17, 15) is 39.6 Å².